The highest BCUT2D eigenvalue weighted by Crippen LogP contribution is 2.20. The molecule has 0 aliphatic heterocycles. The standard InChI is InChI=1S/C21H27NO3S/c1-15(12-23)5-10-21(16(2)11-19-14-26-17(3)22-19)25-13-18-6-8-20(24-4)9-7-18/h5-9,11,14,21,23H,10,12-13H2,1-4H3/t21-/m0/s1. The van der Waals surface area contributed by atoms with Gasteiger partial charge >= 0.3 is 0 Å². The molecular formula is C21H27NO3S. The van der Waals surface area contributed by atoms with Gasteiger partial charge in [-0.25, -0.2) is 4.98 Å². The van der Waals surface area contributed by atoms with Crippen molar-refractivity contribution in [2.24, 2.45) is 0 Å². The zero-order valence-electron chi connectivity index (χ0n) is 15.9. The summed E-state index contributed by atoms with van der Waals surface area (Å²) in [5.41, 5.74) is 4.12. The quantitative estimate of drug-likeness (QED) is 0.643. The molecule has 1 aromatic carbocycles. The van der Waals surface area contributed by atoms with E-state index < -0.39 is 0 Å². The van der Waals surface area contributed by atoms with E-state index in [1.54, 1.807) is 18.4 Å². The molecule has 0 saturated carbocycles. The number of methoxy groups -OCH3 is 1. The van der Waals surface area contributed by atoms with E-state index in [1.807, 2.05) is 49.6 Å². The number of hydrogen-bond acceptors (Lipinski definition) is 5. The number of hydrogen-bond donors (Lipinski definition) is 1. The third-order valence-electron chi connectivity index (χ3n) is 4.06. The minimum absolute atomic E-state index is 0.0687. The van der Waals surface area contributed by atoms with E-state index in [4.69, 9.17) is 9.47 Å². The molecule has 0 saturated heterocycles. The van der Waals surface area contributed by atoms with E-state index in [0.717, 1.165) is 33.2 Å². The van der Waals surface area contributed by atoms with Gasteiger partial charge < -0.3 is 14.6 Å². The van der Waals surface area contributed by atoms with Gasteiger partial charge in [-0.1, -0.05) is 23.8 Å². The third kappa shape index (κ3) is 6.41. The van der Waals surface area contributed by atoms with Crippen LogP contribution in [0.3, 0.4) is 0 Å². The Bertz CT molecular complexity index is 747. The molecule has 1 heterocycles. The lowest BCUT2D eigenvalue weighted by atomic mass is 10.1. The summed E-state index contributed by atoms with van der Waals surface area (Å²) in [5.74, 6) is 0.835. The molecular weight excluding hydrogens is 346 g/mol. The predicted molar refractivity (Wildman–Crippen MR) is 108 cm³/mol. The van der Waals surface area contributed by atoms with Gasteiger partial charge in [-0.3, -0.25) is 0 Å². The van der Waals surface area contributed by atoms with Crippen LogP contribution in [0.25, 0.3) is 6.08 Å². The van der Waals surface area contributed by atoms with E-state index in [-0.39, 0.29) is 12.7 Å². The lowest BCUT2D eigenvalue weighted by molar-refractivity contribution is 0.0668. The fourth-order valence-corrected chi connectivity index (χ4v) is 3.02. The third-order valence-corrected chi connectivity index (χ3v) is 4.85. The van der Waals surface area contributed by atoms with Gasteiger partial charge in [-0.2, -0.15) is 0 Å². The number of benzene rings is 1. The van der Waals surface area contributed by atoms with Crippen LogP contribution in [0.4, 0.5) is 0 Å². The number of nitrogens with zero attached hydrogens (tertiary/aromatic N) is 1. The average molecular weight is 374 g/mol. The monoisotopic (exact) mass is 373 g/mol. The zero-order valence-corrected chi connectivity index (χ0v) is 16.7. The number of rotatable bonds is 9. The Morgan fingerprint density at radius 3 is 2.58 bits per heavy atom. The summed E-state index contributed by atoms with van der Waals surface area (Å²) in [6.07, 6.45) is 4.75. The number of aliphatic hydroxyl groups is 1. The van der Waals surface area contributed by atoms with Crippen LogP contribution < -0.4 is 4.74 Å². The average Bonchev–Trinajstić information content (AvgIpc) is 3.06. The minimum Gasteiger partial charge on any atom is -0.497 e. The van der Waals surface area contributed by atoms with E-state index in [2.05, 4.69) is 18.0 Å². The summed E-state index contributed by atoms with van der Waals surface area (Å²) in [6, 6.07) is 7.88. The molecule has 1 atom stereocenters. The van der Waals surface area contributed by atoms with Crippen molar-refractivity contribution >= 4 is 17.4 Å². The molecule has 1 N–H and O–H groups in total. The van der Waals surface area contributed by atoms with Crippen LogP contribution in [0.15, 0.2) is 46.9 Å². The van der Waals surface area contributed by atoms with E-state index in [9.17, 15) is 5.11 Å². The first-order valence-electron chi connectivity index (χ1n) is 8.63. The smallest absolute Gasteiger partial charge is 0.118 e. The molecule has 5 heteroatoms. The fourth-order valence-electron chi connectivity index (χ4n) is 2.45. The van der Waals surface area contributed by atoms with E-state index in [1.165, 1.54) is 0 Å². The Morgan fingerprint density at radius 2 is 2.00 bits per heavy atom. The Kier molecular flexibility index (Phi) is 8.04. The van der Waals surface area contributed by atoms with Crippen LogP contribution in [-0.2, 0) is 11.3 Å². The highest BCUT2D eigenvalue weighted by Gasteiger charge is 2.12. The fraction of sp³-hybridized carbons (Fsp3) is 0.381. The summed E-state index contributed by atoms with van der Waals surface area (Å²) < 4.78 is 11.4. The molecule has 2 aromatic rings. The number of aromatic nitrogens is 1. The number of aryl methyl sites for hydroxylation is 1. The van der Waals surface area contributed by atoms with Gasteiger partial charge in [0.15, 0.2) is 0 Å². The van der Waals surface area contributed by atoms with E-state index in [0.29, 0.717) is 13.0 Å². The highest BCUT2D eigenvalue weighted by atomic mass is 32.1. The molecule has 140 valence electrons. The SMILES string of the molecule is COc1ccc(CO[C@@H](CC=C(C)CO)C(C)=Cc2csc(C)n2)cc1. The zero-order chi connectivity index (χ0) is 18.9. The second-order valence-corrected chi connectivity index (χ2v) is 7.33. The Hall–Kier alpha value is -1.95. The van der Waals surface area contributed by atoms with Crippen molar-refractivity contribution in [1.82, 2.24) is 4.98 Å². The molecule has 0 aliphatic rings. The van der Waals surface area contributed by atoms with E-state index >= 15 is 0 Å². The van der Waals surface area contributed by atoms with Gasteiger partial charge in [0.25, 0.3) is 0 Å². The van der Waals surface area contributed by atoms with Crippen LogP contribution in [0.1, 0.15) is 36.5 Å². The second-order valence-electron chi connectivity index (χ2n) is 6.27. The van der Waals surface area contributed by atoms with Crippen molar-refractivity contribution < 1.29 is 14.6 Å². The normalized spacial score (nSPS) is 13.7. The van der Waals surface area contributed by atoms with Gasteiger partial charge in [0.05, 0.1) is 37.1 Å². The first-order chi connectivity index (χ1) is 12.5. The van der Waals surface area contributed by atoms with Gasteiger partial charge in [-0.05, 0) is 56.5 Å². The molecule has 4 nitrogen and oxygen atoms in total. The van der Waals surface area contributed by atoms with Crippen LogP contribution in [0.5, 0.6) is 5.75 Å². The minimum atomic E-state index is -0.0689. The lowest BCUT2D eigenvalue weighted by Gasteiger charge is -2.18. The van der Waals surface area contributed by atoms with Crippen LogP contribution in [0.2, 0.25) is 0 Å². The molecule has 0 amide bonds. The maximum Gasteiger partial charge on any atom is 0.118 e. The molecule has 1 aromatic heterocycles. The maximum atomic E-state index is 9.24. The summed E-state index contributed by atoms with van der Waals surface area (Å²) >= 11 is 1.64. The molecule has 0 fully saturated rings. The molecule has 0 unspecified atom stereocenters. The van der Waals surface area contributed by atoms with Gasteiger partial charge in [0.1, 0.15) is 5.75 Å². The van der Waals surface area contributed by atoms with Crippen molar-refractivity contribution in [2.75, 3.05) is 13.7 Å². The topological polar surface area (TPSA) is 51.6 Å². The largest absolute Gasteiger partial charge is 0.497 e. The summed E-state index contributed by atoms with van der Waals surface area (Å²) in [7, 11) is 1.66. The summed E-state index contributed by atoms with van der Waals surface area (Å²) in [5, 5.41) is 12.3. The molecule has 0 spiro atoms. The van der Waals surface area contributed by atoms with Crippen molar-refractivity contribution in [1.29, 1.82) is 0 Å². The van der Waals surface area contributed by atoms with Crippen molar-refractivity contribution in [3.8, 4) is 5.75 Å². The first kappa shape index (κ1) is 20.4. The van der Waals surface area contributed by atoms with Gasteiger partial charge in [0.2, 0.25) is 0 Å². The van der Waals surface area contributed by atoms with Gasteiger partial charge in [-0.15, -0.1) is 11.3 Å². The maximum absolute atomic E-state index is 9.24. The summed E-state index contributed by atoms with van der Waals surface area (Å²) in [6.45, 7) is 6.57. The molecule has 0 bridgehead atoms. The van der Waals surface area contributed by atoms with Gasteiger partial charge in [0, 0.05) is 5.38 Å². The Labute approximate surface area is 159 Å². The van der Waals surface area contributed by atoms with Crippen LogP contribution in [-0.4, -0.2) is 29.9 Å². The predicted octanol–water partition coefficient (Wildman–Crippen LogP) is 4.78. The molecule has 0 aliphatic carbocycles. The van der Waals surface area contributed by atoms with Crippen molar-refractivity contribution in [3.05, 3.63) is 63.1 Å². The van der Waals surface area contributed by atoms with Crippen molar-refractivity contribution in [3.63, 3.8) is 0 Å². The second kappa shape index (κ2) is 10.3. The molecule has 2 rings (SSSR count). The Balaban J connectivity index is 2.10. The van der Waals surface area contributed by atoms with Crippen LogP contribution in [0, 0.1) is 6.92 Å². The number of ether oxygens (including phenoxy) is 2. The number of aliphatic hydroxyl groups excluding tert-OH is 1. The van der Waals surface area contributed by atoms with Crippen molar-refractivity contribution in [2.45, 2.75) is 39.9 Å². The number of thiazole rings is 1. The summed E-state index contributed by atoms with van der Waals surface area (Å²) in [4.78, 5) is 4.50. The molecule has 26 heavy (non-hydrogen) atoms. The lowest BCUT2D eigenvalue weighted by Crippen LogP contribution is -2.14. The van der Waals surface area contributed by atoms with Crippen LogP contribution >= 0.6 is 11.3 Å². The highest BCUT2D eigenvalue weighted by molar-refractivity contribution is 7.09. The molecule has 0 radical (unpaired) electrons. The Morgan fingerprint density at radius 1 is 1.27 bits per heavy atom. The first-order valence-corrected chi connectivity index (χ1v) is 9.51.